The van der Waals surface area contributed by atoms with Crippen molar-refractivity contribution in [2.24, 2.45) is 21.9 Å². The van der Waals surface area contributed by atoms with E-state index in [1.807, 2.05) is 35.0 Å². The maximum Gasteiger partial charge on any atom is 0.339 e. The summed E-state index contributed by atoms with van der Waals surface area (Å²) in [4.78, 5) is 12.5. The normalized spacial score (nSPS) is 11.4. The third-order valence-corrected chi connectivity index (χ3v) is 4.74. The molecule has 0 unspecified atom stereocenters. The molecular weight excluding hydrogens is 394 g/mol. The fourth-order valence-electron chi connectivity index (χ4n) is 3.30. The predicted molar refractivity (Wildman–Crippen MR) is 120 cm³/mol. The van der Waals surface area contributed by atoms with Gasteiger partial charge in [0, 0.05) is 18.0 Å². The van der Waals surface area contributed by atoms with Gasteiger partial charge in [-0.3, -0.25) is 0 Å². The Balaban J connectivity index is 1.90. The molecule has 0 bridgehead atoms. The van der Waals surface area contributed by atoms with E-state index >= 15 is 0 Å². The Morgan fingerprint density at radius 3 is 2.39 bits per heavy atom. The maximum absolute atomic E-state index is 12.5. The van der Waals surface area contributed by atoms with E-state index < -0.39 is 0 Å². The van der Waals surface area contributed by atoms with Gasteiger partial charge in [-0.1, -0.05) is 24.3 Å². The number of carbonyl (C=O) groups excluding carboxylic acids is 1. The minimum atomic E-state index is -0.378. The zero-order chi connectivity index (χ0) is 22.2. The molecule has 0 atom stereocenters. The Kier molecular flexibility index (Phi) is 7.05. The minimum absolute atomic E-state index is 0.152. The first-order valence-electron chi connectivity index (χ1n) is 9.77. The second kappa shape index (κ2) is 10.1. The van der Waals surface area contributed by atoms with E-state index in [0.717, 1.165) is 22.3 Å². The Bertz CT molecular complexity index is 1100. The van der Waals surface area contributed by atoms with E-state index in [2.05, 4.69) is 10.2 Å². The summed E-state index contributed by atoms with van der Waals surface area (Å²) in [5.74, 6) is 10.2. The van der Waals surface area contributed by atoms with Crippen molar-refractivity contribution < 1.29 is 14.6 Å². The molecule has 0 amide bonds. The summed E-state index contributed by atoms with van der Waals surface area (Å²) in [5, 5.41) is 17.3. The average molecular weight is 419 g/mol. The standard InChI is InChI=1S/C23H25N5O3/c1-2-31-23(30)21-15-28(14-20-10-18(12-27-25)7-8-22(20)29)13-19(21)9-16-3-5-17(6-4-16)11-26-24/h3-8,10-13,15,29H,2,9,14,24-25H2,1H3/b26-11-,27-12-. The van der Waals surface area contributed by atoms with Crippen LogP contribution in [0.1, 0.15) is 45.1 Å². The summed E-state index contributed by atoms with van der Waals surface area (Å²) in [7, 11) is 0. The first-order valence-corrected chi connectivity index (χ1v) is 9.77. The first kappa shape index (κ1) is 21.6. The van der Waals surface area contributed by atoms with Gasteiger partial charge in [0.25, 0.3) is 0 Å². The highest BCUT2D eigenvalue weighted by molar-refractivity contribution is 5.91. The van der Waals surface area contributed by atoms with Crippen molar-refractivity contribution in [1.82, 2.24) is 4.57 Å². The molecule has 1 heterocycles. The topological polar surface area (TPSA) is 128 Å². The fourth-order valence-corrected chi connectivity index (χ4v) is 3.30. The molecule has 0 aliphatic heterocycles. The highest BCUT2D eigenvalue weighted by atomic mass is 16.5. The van der Waals surface area contributed by atoms with Crippen LogP contribution >= 0.6 is 0 Å². The number of hydrogen-bond donors (Lipinski definition) is 3. The molecule has 0 fully saturated rings. The van der Waals surface area contributed by atoms with Crippen LogP contribution in [0.15, 0.2) is 65.1 Å². The number of esters is 1. The maximum atomic E-state index is 12.5. The molecule has 0 saturated heterocycles. The summed E-state index contributed by atoms with van der Waals surface area (Å²) in [6.07, 6.45) is 7.26. The molecular formula is C23H25N5O3. The second-order valence-electron chi connectivity index (χ2n) is 6.95. The minimum Gasteiger partial charge on any atom is -0.508 e. The molecule has 0 saturated carbocycles. The highest BCUT2D eigenvalue weighted by Crippen LogP contribution is 2.22. The molecule has 31 heavy (non-hydrogen) atoms. The van der Waals surface area contributed by atoms with Gasteiger partial charge >= 0.3 is 5.97 Å². The van der Waals surface area contributed by atoms with Crippen LogP contribution in [-0.2, 0) is 17.7 Å². The van der Waals surface area contributed by atoms with Crippen molar-refractivity contribution in [2.75, 3.05) is 6.61 Å². The molecule has 1 aromatic heterocycles. The lowest BCUT2D eigenvalue weighted by molar-refractivity contribution is 0.0525. The summed E-state index contributed by atoms with van der Waals surface area (Å²) in [5.41, 5.74) is 4.70. The monoisotopic (exact) mass is 419 g/mol. The number of carbonyl (C=O) groups is 1. The number of aromatic nitrogens is 1. The third-order valence-electron chi connectivity index (χ3n) is 4.74. The van der Waals surface area contributed by atoms with Gasteiger partial charge in [-0.25, -0.2) is 4.79 Å². The molecule has 0 radical (unpaired) electrons. The van der Waals surface area contributed by atoms with Gasteiger partial charge in [0.05, 0.1) is 31.1 Å². The molecule has 0 spiro atoms. The number of nitrogens with two attached hydrogens (primary N) is 2. The molecule has 8 nitrogen and oxygen atoms in total. The van der Waals surface area contributed by atoms with Crippen molar-refractivity contribution in [1.29, 1.82) is 0 Å². The van der Waals surface area contributed by atoms with Crippen LogP contribution < -0.4 is 11.7 Å². The number of nitrogens with zero attached hydrogens (tertiary/aromatic N) is 3. The number of phenols is 1. The molecule has 3 aromatic rings. The Morgan fingerprint density at radius 2 is 1.71 bits per heavy atom. The Hall–Kier alpha value is -4.07. The SMILES string of the molecule is CCOC(=O)c1cn(Cc2cc(/C=N\N)ccc2O)cc1Cc1ccc(/C=N\N)cc1. The van der Waals surface area contributed by atoms with Crippen molar-refractivity contribution in [3.63, 3.8) is 0 Å². The molecule has 0 aliphatic rings. The molecule has 160 valence electrons. The lowest BCUT2D eigenvalue weighted by Gasteiger charge is -2.07. The van der Waals surface area contributed by atoms with Gasteiger partial charge in [-0.05, 0) is 53.8 Å². The number of hydrogen-bond acceptors (Lipinski definition) is 7. The predicted octanol–water partition coefficient (Wildman–Crippen LogP) is 2.59. The molecule has 0 aliphatic carbocycles. The van der Waals surface area contributed by atoms with Gasteiger partial charge in [0.1, 0.15) is 5.75 Å². The van der Waals surface area contributed by atoms with E-state index in [-0.39, 0.29) is 18.3 Å². The van der Waals surface area contributed by atoms with Gasteiger partial charge in [0.2, 0.25) is 0 Å². The fraction of sp³-hybridized carbons (Fsp3) is 0.174. The second-order valence-corrected chi connectivity index (χ2v) is 6.95. The average Bonchev–Trinajstić information content (AvgIpc) is 3.15. The summed E-state index contributed by atoms with van der Waals surface area (Å²) >= 11 is 0. The van der Waals surface area contributed by atoms with E-state index in [0.29, 0.717) is 24.1 Å². The van der Waals surface area contributed by atoms with Crippen molar-refractivity contribution in [3.05, 3.63) is 88.2 Å². The van der Waals surface area contributed by atoms with E-state index in [4.69, 9.17) is 16.4 Å². The third kappa shape index (κ3) is 5.51. The number of benzene rings is 2. The number of ether oxygens (including phenoxy) is 1. The number of phenolic OH excluding ortho intramolecular Hbond substituents is 1. The van der Waals surface area contributed by atoms with Crippen LogP contribution in [-0.4, -0.2) is 34.7 Å². The van der Waals surface area contributed by atoms with Gasteiger partial charge in [0.15, 0.2) is 0 Å². The van der Waals surface area contributed by atoms with Crippen molar-refractivity contribution >= 4 is 18.4 Å². The highest BCUT2D eigenvalue weighted by Gasteiger charge is 2.17. The van der Waals surface area contributed by atoms with Crippen LogP contribution in [0.2, 0.25) is 0 Å². The van der Waals surface area contributed by atoms with Gasteiger partial charge in [-0.15, -0.1) is 0 Å². The Morgan fingerprint density at radius 1 is 1.03 bits per heavy atom. The lowest BCUT2D eigenvalue weighted by atomic mass is 10.0. The molecule has 2 aromatic carbocycles. The zero-order valence-corrected chi connectivity index (χ0v) is 17.2. The van der Waals surface area contributed by atoms with Crippen LogP contribution in [0.4, 0.5) is 0 Å². The molecule has 5 N–H and O–H groups in total. The van der Waals surface area contributed by atoms with Crippen LogP contribution in [0.25, 0.3) is 0 Å². The van der Waals surface area contributed by atoms with E-state index in [1.54, 1.807) is 37.5 Å². The summed E-state index contributed by atoms with van der Waals surface area (Å²) in [6, 6.07) is 12.9. The summed E-state index contributed by atoms with van der Waals surface area (Å²) in [6.45, 7) is 2.43. The smallest absolute Gasteiger partial charge is 0.339 e. The lowest BCUT2D eigenvalue weighted by Crippen LogP contribution is -2.06. The van der Waals surface area contributed by atoms with Gasteiger partial charge < -0.3 is 26.1 Å². The zero-order valence-electron chi connectivity index (χ0n) is 17.2. The number of rotatable bonds is 8. The summed E-state index contributed by atoms with van der Waals surface area (Å²) < 4.78 is 7.09. The Labute approximate surface area is 180 Å². The van der Waals surface area contributed by atoms with Crippen molar-refractivity contribution in [2.45, 2.75) is 19.9 Å². The van der Waals surface area contributed by atoms with Crippen LogP contribution in [0.3, 0.4) is 0 Å². The number of aromatic hydroxyl groups is 1. The van der Waals surface area contributed by atoms with Crippen LogP contribution in [0, 0.1) is 0 Å². The largest absolute Gasteiger partial charge is 0.508 e. The first-order chi connectivity index (χ1) is 15.0. The van der Waals surface area contributed by atoms with E-state index in [1.165, 1.54) is 6.21 Å². The van der Waals surface area contributed by atoms with E-state index in [9.17, 15) is 9.90 Å². The van der Waals surface area contributed by atoms with Crippen molar-refractivity contribution in [3.8, 4) is 5.75 Å². The van der Waals surface area contributed by atoms with Crippen LogP contribution in [0.5, 0.6) is 5.75 Å². The molecule has 8 heteroatoms. The molecule has 3 rings (SSSR count). The number of hydrazone groups is 2. The quantitative estimate of drug-likeness (QED) is 0.224. The van der Waals surface area contributed by atoms with Gasteiger partial charge in [-0.2, -0.15) is 10.2 Å².